The Morgan fingerprint density at radius 1 is 1.00 bits per heavy atom. The minimum absolute atomic E-state index is 0.0835. The molecular formula is C24H31N3O5S. The Hall–Kier alpha value is -2.91. The SMILES string of the molecule is Cc1ccc(C(=O)N2CCN(C(=O)OCC(C)C)CC2)cc1S(=O)(=O)NCc1ccccc1. The van der Waals surface area contributed by atoms with Crippen molar-refractivity contribution in [1.29, 1.82) is 0 Å². The number of piperazine rings is 1. The lowest BCUT2D eigenvalue weighted by atomic mass is 10.1. The first-order chi connectivity index (χ1) is 15.7. The smallest absolute Gasteiger partial charge is 0.409 e. The summed E-state index contributed by atoms with van der Waals surface area (Å²) in [6.07, 6.45) is -0.371. The van der Waals surface area contributed by atoms with Gasteiger partial charge in [-0.25, -0.2) is 17.9 Å². The molecule has 178 valence electrons. The molecule has 3 rings (SSSR count). The first-order valence-corrected chi connectivity index (χ1v) is 12.5. The van der Waals surface area contributed by atoms with E-state index in [0.29, 0.717) is 43.9 Å². The molecule has 9 heteroatoms. The van der Waals surface area contributed by atoms with Crippen LogP contribution in [0.5, 0.6) is 0 Å². The van der Waals surface area contributed by atoms with Crippen LogP contribution in [-0.4, -0.2) is 63.0 Å². The molecule has 0 bridgehead atoms. The van der Waals surface area contributed by atoms with Gasteiger partial charge in [-0.2, -0.15) is 0 Å². The van der Waals surface area contributed by atoms with Crippen molar-refractivity contribution in [3.63, 3.8) is 0 Å². The number of aryl methyl sites for hydroxylation is 1. The maximum Gasteiger partial charge on any atom is 0.409 e. The van der Waals surface area contributed by atoms with E-state index >= 15 is 0 Å². The summed E-state index contributed by atoms with van der Waals surface area (Å²) in [5.41, 5.74) is 1.71. The zero-order chi connectivity index (χ0) is 24.0. The van der Waals surface area contributed by atoms with E-state index in [1.807, 2.05) is 44.2 Å². The number of carbonyl (C=O) groups excluding carboxylic acids is 2. The third-order valence-electron chi connectivity index (χ3n) is 5.40. The van der Waals surface area contributed by atoms with Crippen LogP contribution in [0.3, 0.4) is 0 Å². The van der Waals surface area contributed by atoms with E-state index in [1.54, 1.807) is 28.9 Å². The molecule has 1 aliphatic heterocycles. The zero-order valence-corrected chi connectivity index (χ0v) is 20.1. The molecule has 1 fully saturated rings. The van der Waals surface area contributed by atoms with Crippen LogP contribution in [0, 0.1) is 12.8 Å². The Morgan fingerprint density at radius 2 is 1.64 bits per heavy atom. The van der Waals surface area contributed by atoms with Gasteiger partial charge in [0, 0.05) is 38.3 Å². The van der Waals surface area contributed by atoms with Gasteiger partial charge in [0.15, 0.2) is 0 Å². The zero-order valence-electron chi connectivity index (χ0n) is 19.3. The van der Waals surface area contributed by atoms with Crippen molar-refractivity contribution in [2.45, 2.75) is 32.2 Å². The molecule has 2 aromatic rings. The number of nitrogens with zero attached hydrogens (tertiary/aromatic N) is 2. The van der Waals surface area contributed by atoms with Gasteiger partial charge in [-0.1, -0.05) is 50.2 Å². The molecule has 0 saturated carbocycles. The monoisotopic (exact) mass is 473 g/mol. The molecule has 1 aliphatic rings. The molecule has 33 heavy (non-hydrogen) atoms. The quantitative estimate of drug-likeness (QED) is 0.667. The van der Waals surface area contributed by atoms with Crippen molar-refractivity contribution < 1.29 is 22.7 Å². The maximum absolute atomic E-state index is 13.0. The van der Waals surface area contributed by atoms with E-state index in [2.05, 4.69) is 4.72 Å². The summed E-state index contributed by atoms with van der Waals surface area (Å²) < 4.78 is 33.7. The highest BCUT2D eigenvalue weighted by atomic mass is 32.2. The molecule has 1 heterocycles. The minimum Gasteiger partial charge on any atom is -0.449 e. The fraction of sp³-hybridized carbons (Fsp3) is 0.417. The van der Waals surface area contributed by atoms with Crippen molar-refractivity contribution in [3.05, 3.63) is 65.2 Å². The van der Waals surface area contributed by atoms with Crippen LogP contribution >= 0.6 is 0 Å². The predicted octanol–water partition coefficient (Wildman–Crippen LogP) is 3.02. The topological polar surface area (TPSA) is 96.0 Å². The Morgan fingerprint density at radius 3 is 2.27 bits per heavy atom. The summed E-state index contributed by atoms with van der Waals surface area (Å²) in [5, 5.41) is 0. The summed E-state index contributed by atoms with van der Waals surface area (Å²) in [7, 11) is -3.80. The number of ether oxygens (including phenoxy) is 1. The molecular weight excluding hydrogens is 442 g/mol. The molecule has 0 aliphatic carbocycles. The van der Waals surface area contributed by atoms with E-state index in [0.717, 1.165) is 5.56 Å². The Balaban J connectivity index is 1.65. The molecule has 1 N–H and O–H groups in total. The van der Waals surface area contributed by atoms with Crippen LogP contribution in [-0.2, 0) is 21.3 Å². The van der Waals surface area contributed by atoms with Crippen LogP contribution in [0.25, 0.3) is 0 Å². The van der Waals surface area contributed by atoms with Crippen molar-refractivity contribution in [2.24, 2.45) is 5.92 Å². The molecule has 8 nitrogen and oxygen atoms in total. The average molecular weight is 474 g/mol. The van der Waals surface area contributed by atoms with Crippen LogP contribution in [0.4, 0.5) is 4.79 Å². The predicted molar refractivity (Wildman–Crippen MR) is 125 cm³/mol. The highest BCUT2D eigenvalue weighted by Crippen LogP contribution is 2.19. The number of amides is 2. The third-order valence-corrected chi connectivity index (χ3v) is 6.94. The van der Waals surface area contributed by atoms with E-state index in [-0.39, 0.29) is 29.4 Å². The van der Waals surface area contributed by atoms with Gasteiger partial charge in [0.1, 0.15) is 0 Å². The second-order valence-corrected chi connectivity index (χ2v) is 10.3. The van der Waals surface area contributed by atoms with Gasteiger partial charge in [0.25, 0.3) is 5.91 Å². The molecule has 0 spiro atoms. The summed E-state index contributed by atoms with van der Waals surface area (Å²) >= 11 is 0. The number of rotatable bonds is 7. The van der Waals surface area contributed by atoms with Crippen molar-refractivity contribution in [3.8, 4) is 0 Å². The van der Waals surface area contributed by atoms with E-state index < -0.39 is 10.0 Å². The lowest BCUT2D eigenvalue weighted by molar-refractivity contribution is 0.0535. The molecule has 2 aromatic carbocycles. The van der Waals surface area contributed by atoms with E-state index in [4.69, 9.17) is 4.74 Å². The number of nitrogens with one attached hydrogen (secondary N) is 1. The van der Waals surface area contributed by atoms with Gasteiger partial charge in [0.05, 0.1) is 11.5 Å². The lowest BCUT2D eigenvalue weighted by Gasteiger charge is -2.34. The summed E-state index contributed by atoms with van der Waals surface area (Å²) in [6.45, 7) is 7.62. The average Bonchev–Trinajstić information content (AvgIpc) is 2.82. The van der Waals surface area contributed by atoms with Gasteiger partial charge in [-0.15, -0.1) is 0 Å². The third kappa shape index (κ3) is 6.55. The summed E-state index contributed by atoms with van der Waals surface area (Å²) in [4.78, 5) is 28.5. The minimum atomic E-state index is -3.80. The van der Waals surface area contributed by atoms with Gasteiger partial charge >= 0.3 is 6.09 Å². The lowest BCUT2D eigenvalue weighted by Crippen LogP contribution is -2.50. The first kappa shape index (κ1) is 24.7. The maximum atomic E-state index is 13.0. The molecule has 1 saturated heterocycles. The highest BCUT2D eigenvalue weighted by molar-refractivity contribution is 7.89. The van der Waals surface area contributed by atoms with Crippen molar-refractivity contribution >= 4 is 22.0 Å². The fourth-order valence-corrected chi connectivity index (χ4v) is 4.76. The van der Waals surface area contributed by atoms with Crippen LogP contribution in [0.1, 0.15) is 35.3 Å². The number of carbonyl (C=O) groups is 2. The van der Waals surface area contributed by atoms with E-state index in [1.165, 1.54) is 6.07 Å². The standard InChI is InChI=1S/C24H31N3O5S/c1-18(2)17-32-24(29)27-13-11-26(12-14-27)23(28)21-10-9-19(3)22(15-21)33(30,31)25-16-20-7-5-4-6-8-20/h4-10,15,18,25H,11-14,16-17H2,1-3H3. The first-order valence-electron chi connectivity index (χ1n) is 11.0. The van der Waals surface area contributed by atoms with Crippen molar-refractivity contribution in [2.75, 3.05) is 32.8 Å². The van der Waals surface area contributed by atoms with Crippen LogP contribution < -0.4 is 4.72 Å². The Kier molecular flexibility index (Phi) is 8.10. The molecule has 0 radical (unpaired) electrons. The summed E-state index contributed by atoms with van der Waals surface area (Å²) in [5.74, 6) is -0.00396. The summed E-state index contributed by atoms with van der Waals surface area (Å²) in [6, 6.07) is 13.9. The molecule has 2 amide bonds. The van der Waals surface area contributed by atoms with E-state index in [9.17, 15) is 18.0 Å². The largest absolute Gasteiger partial charge is 0.449 e. The van der Waals surface area contributed by atoms with Gasteiger partial charge in [-0.05, 0) is 36.1 Å². The fourth-order valence-electron chi connectivity index (χ4n) is 3.48. The van der Waals surface area contributed by atoms with Crippen molar-refractivity contribution in [1.82, 2.24) is 14.5 Å². The van der Waals surface area contributed by atoms with Crippen LogP contribution in [0.2, 0.25) is 0 Å². The molecule has 0 aromatic heterocycles. The van der Waals surface area contributed by atoms with Gasteiger partial charge in [0.2, 0.25) is 10.0 Å². The second-order valence-electron chi connectivity index (χ2n) is 8.54. The van der Waals surface area contributed by atoms with Gasteiger partial charge in [-0.3, -0.25) is 4.79 Å². The number of benzene rings is 2. The Labute approximate surface area is 195 Å². The molecule has 0 unspecified atom stereocenters. The number of sulfonamides is 1. The Bertz CT molecular complexity index is 1080. The number of hydrogen-bond acceptors (Lipinski definition) is 5. The van der Waals surface area contributed by atoms with Crippen LogP contribution in [0.15, 0.2) is 53.4 Å². The normalized spacial score (nSPS) is 14.4. The number of hydrogen-bond donors (Lipinski definition) is 1. The van der Waals surface area contributed by atoms with Gasteiger partial charge < -0.3 is 14.5 Å². The second kappa shape index (κ2) is 10.8. The molecule has 0 atom stereocenters. The highest BCUT2D eigenvalue weighted by Gasteiger charge is 2.27.